The number of benzene rings is 2. The first-order valence-electron chi connectivity index (χ1n) is 9.62. The number of nitrogens with zero attached hydrogens (tertiary/aromatic N) is 1. The molecule has 2 aromatic carbocycles. The second-order valence-electron chi connectivity index (χ2n) is 6.80. The average Bonchev–Trinajstić information content (AvgIpc) is 2.75. The minimum absolute atomic E-state index is 0.150. The minimum Gasteiger partial charge on any atom is -0.497 e. The quantitative estimate of drug-likeness (QED) is 0.747. The SMILES string of the molecule is CCOc1ccccc1NC(=O)[C@H]1CCCN(S(=O)(=O)c2ccc(OC)cc2)C1. The summed E-state index contributed by atoms with van der Waals surface area (Å²) in [7, 11) is -2.14. The Balaban J connectivity index is 1.72. The van der Waals surface area contributed by atoms with Crippen LogP contribution >= 0.6 is 0 Å². The lowest BCUT2D eigenvalue weighted by atomic mass is 9.98. The van der Waals surface area contributed by atoms with Gasteiger partial charge in [0.15, 0.2) is 0 Å². The van der Waals surface area contributed by atoms with Gasteiger partial charge in [-0.05, 0) is 56.2 Å². The summed E-state index contributed by atoms with van der Waals surface area (Å²) >= 11 is 0. The Bertz CT molecular complexity index is 944. The lowest BCUT2D eigenvalue weighted by Crippen LogP contribution is -2.43. The number of rotatable bonds is 7. The molecular weight excluding hydrogens is 392 g/mol. The summed E-state index contributed by atoms with van der Waals surface area (Å²) in [6, 6.07) is 13.5. The highest BCUT2D eigenvalue weighted by molar-refractivity contribution is 7.89. The summed E-state index contributed by atoms with van der Waals surface area (Å²) in [6.07, 6.45) is 1.26. The van der Waals surface area contributed by atoms with Gasteiger partial charge < -0.3 is 14.8 Å². The molecule has 0 saturated carbocycles. The van der Waals surface area contributed by atoms with Crippen LogP contribution in [0.1, 0.15) is 19.8 Å². The number of ether oxygens (including phenoxy) is 2. The number of para-hydroxylation sites is 2. The van der Waals surface area contributed by atoms with E-state index in [0.717, 1.165) is 0 Å². The van der Waals surface area contributed by atoms with Crippen LogP contribution in [0.4, 0.5) is 5.69 Å². The fourth-order valence-electron chi connectivity index (χ4n) is 3.36. The van der Waals surface area contributed by atoms with Gasteiger partial charge in [-0.3, -0.25) is 4.79 Å². The molecule has 7 nitrogen and oxygen atoms in total. The van der Waals surface area contributed by atoms with Crippen LogP contribution < -0.4 is 14.8 Å². The van der Waals surface area contributed by atoms with Gasteiger partial charge >= 0.3 is 0 Å². The highest BCUT2D eigenvalue weighted by atomic mass is 32.2. The number of hydrogen-bond acceptors (Lipinski definition) is 5. The molecule has 1 aliphatic rings. The van der Waals surface area contributed by atoms with Crippen LogP contribution in [0, 0.1) is 5.92 Å². The molecular formula is C21H26N2O5S. The molecule has 1 heterocycles. The van der Waals surface area contributed by atoms with Crippen LogP contribution in [0.3, 0.4) is 0 Å². The van der Waals surface area contributed by atoms with Gasteiger partial charge in [0, 0.05) is 13.1 Å². The maximum atomic E-state index is 13.0. The molecule has 1 atom stereocenters. The second kappa shape index (κ2) is 9.28. The van der Waals surface area contributed by atoms with Gasteiger partial charge in [-0.25, -0.2) is 8.42 Å². The number of piperidine rings is 1. The summed E-state index contributed by atoms with van der Waals surface area (Å²) in [4.78, 5) is 13.0. The largest absolute Gasteiger partial charge is 0.497 e. The van der Waals surface area contributed by atoms with Gasteiger partial charge in [-0.1, -0.05) is 12.1 Å². The standard InChI is InChI=1S/C21H26N2O5S/c1-3-28-20-9-5-4-8-19(20)22-21(24)16-7-6-14-23(15-16)29(25,26)18-12-10-17(27-2)11-13-18/h4-5,8-13,16H,3,6-7,14-15H2,1-2H3,(H,22,24)/t16-/m0/s1. The molecule has 1 aliphatic heterocycles. The number of carbonyl (C=O) groups is 1. The smallest absolute Gasteiger partial charge is 0.243 e. The molecule has 0 aliphatic carbocycles. The van der Waals surface area contributed by atoms with E-state index < -0.39 is 15.9 Å². The van der Waals surface area contributed by atoms with Crippen molar-refractivity contribution in [1.29, 1.82) is 0 Å². The molecule has 0 unspecified atom stereocenters. The van der Waals surface area contributed by atoms with Gasteiger partial charge in [0.2, 0.25) is 15.9 Å². The fraction of sp³-hybridized carbons (Fsp3) is 0.381. The number of nitrogens with one attached hydrogen (secondary N) is 1. The zero-order valence-electron chi connectivity index (χ0n) is 16.6. The van der Waals surface area contributed by atoms with E-state index in [4.69, 9.17) is 9.47 Å². The summed E-state index contributed by atoms with van der Waals surface area (Å²) < 4.78 is 38.0. The van der Waals surface area contributed by atoms with Crippen molar-refractivity contribution in [3.63, 3.8) is 0 Å². The van der Waals surface area contributed by atoms with Crippen LogP contribution in [0.15, 0.2) is 53.4 Å². The van der Waals surface area contributed by atoms with E-state index >= 15 is 0 Å². The third kappa shape index (κ3) is 4.89. The van der Waals surface area contributed by atoms with Gasteiger partial charge in [-0.15, -0.1) is 0 Å². The zero-order chi connectivity index (χ0) is 20.9. The average molecular weight is 419 g/mol. The van der Waals surface area contributed by atoms with Gasteiger partial charge in [-0.2, -0.15) is 4.31 Å². The number of anilines is 1. The van der Waals surface area contributed by atoms with Crippen molar-refractivity contribution in [3.8, 4) is 11.5 Å². The molecule has 1 amide bonds. The highest BCUT2D eigenvalue weighted by Crippen LogP contribution is 2.28. The third-order valence-corrected chi connectivity index (χ3v) is 6.78. The maximum Gasteiger partial charge on any atom is 0.243 e. The fourth-order valence-corrected chi connectivity index (χ4v) is 4.88. The molecule has 3 rings (SSSR count). The molecule has 1 saturated heterocycles. The molecule has 0 bridgehead atoms. The summed E-state index contributed by atoms with van der Waals surface area (Å²) in [5.74, 6) is 0.563. The van der Waals surface area contributed by atoms with E-state index in [0.29, 0.717) is 43.2 Å². The Hall–Kier alpha value is -2.58. The van der Waals surface area contributed by atoms with Crippen molar-refractivity contribution in [2.24, 2.45) is 5.92 Å². The summed E-state index contributed by atoms with van der Waals surface area (Å²) in [6.45, 7) is 2.91. The number of methoxy groups -OCH3 is 1. The Morgan fingerprint density at radius 3 is 2.59 bits per heavy atom. The Morgan fingerprint density at radius 2 is 1.90 bits per heavy atom. The molecule has 1 fully saturated rings. The number of sulfonamides is 1. The van der Waals surface area contributed by atoms with Crippen LogP contribution in [-0.4, -0.2) is 45.4 Å². The molecule has 0 aromatic heterocycles. The lowest BCUT2D eigenvalue weighted by molar-refractivity contribution is -0.120. The Kier molecular flexibility index (Phi) is 6.76. The van der Waals surface area contributed by atoms with Crippen LogP contribution in [-0.2, 0) is 14.8 Å². The van der Waals surface area contributed by atoms with Crippen molar-refractivity contribution >= 4 is 21.6 Å². The molecule has 8 heteroatoms. The number of hydrogen-bond donors (Lipinski definition) is 1. The predicted molar refractivity (Wildman–Crippen MR) is 111 cm³/mol. The van der Waals surface area contributed by atoms with E-state index in [1.54, 1.807) is 24.3 Å². The summed E-state index contributed by atoms with van der Waals surface area (Å²) in [5, 5.41) is 2.89. The first-order chi connectivity index (χ1) is 14.0. The molecule has 29 heavy (non-hydrogen) atoms. The maximum absolute atomic E-state index is 13.0. The molecule has 0 spiro atoms. The van der Waals surface area contributed by atoms with Gasteiger partial charge in [0.05, 0.1) is 30.2 Å². The van der Waals surface area contributed by atoms with E-state index in [-0.39, 0.29) is 17.3 Å². The van der Waals surface area contributed by atoms with E-state index in [9.17, 15) is 13.2 Å². The predicted octanol–water partition coefficient (Wildman–Crippen LogP) is 3.13. The van der Waals surface area contributed by atoms with Gasteiger partial charge in [0.1, 0.15) is 11.5 Å². The Morgan fingerprint density at radius 1 is 1.17 bits per heavy atom. The Labute approximate surface area is 171 Å². The summed E-state index contributed by atoms with van der Waals surface area (Å²) in [5.41, 5.74) is 0.592. The van der Waals surface area contributed by atoms with Crippen molar-refractivity contribution in [2.75, 3.05) is 32.1 Å². The normalized spacial score (nSPS) is 17.5. The first kappa shape index (κ1) is 21.1. The monoisotopic (exact) mass is 418 g/mol. The highest BCUT2D eigenvalue weighted by Gasteiger charge is 2.33. The topological polar surface area (TPSA) is 84.9 Å². The third-order valence-electron chi connectivity index (χ3n) is 4.90. The van der Waals surface area contributed by atoms with Crippen molar-refractivity contribution in [2.45, 2.75) is 24.7 Å². The minimum atomic E-state index is -3.67. The van der Waals surface area contributed by atoms with Crippen molar-refractivity contribution in [1.82, 2.24) is 4.31 Å². The van der Waals surface area contributed by atoms with E-state index in [1.165, 1.54) is 23.5 Å². The zero-order valence-corrected chi connectivity index (χ0v) is 17.4. The number of amides is 1. The molecule has 0 radical (unpaired) electrons. The van der Waals surface area contributed by atoms with Crippen LogP contribution in [0.2, 0.25) is 0 Å². The molecule has 1 N–H and O–H groups in total. The molecule has 2 aromatic rings. The lowest BCUT2D eigenvalue weighted by Gasteiger charge is -2.31. The van der Waals surface area contributed by atoms with Crippen molar-refractivity contribution in [3.05, 3.63) is 48.5 Å². The van der Waals surface area contributed by atoms with E-state index in [1.807, 2.05) is 19.1 Å². The number of carbonyl (C=O) groups excluding carboxylic acids is 1. The van der Waals surface area contributed by atoms with Crippen molar-refractivity contribution < 1.29 is 22.7 Å². The second-order valence-corrected chi connectivity index (χ2v) is 8.73. The first-order valence-corrected chi connectivity index (χ1v) is 11.1. The van der Waals surface area contributed by atoms with Gasteiger partial charge in [0.25, 0.3) is 0 Å². The van der Waals surface area contributed by atoms with E-state index in [2.05, 4.69) is 5.32 Å². The molecule has 156 valence electrons. The van der Waals surface area contributed by atoms with Crippen LogP contribution in [0.5, 0.6) is 11.5 Å². The van der Waals surface area contributed by atoms with Crippen LogP contribution in [0.25, 0.3) is 0 Å².